The highest BCUT2D eigenvalue weighted by atomic mass is 15.5. The topological polar surface area (TPSA) is 77.0 Å². The first-order valence-electron chi connectivity index (χ1n) is 9.68. The van der Waals surface area contributed by atoms with Gasteiger partial charge in [-0.05, 0) is 39.2 Å². The summed E-state index contributed by atoms with van der Waals surface area (Å²) in [6.45, 7) is 5.93. The molecule has 0 N–H and O–H groups in total. The minimum absolute atomic E-state index is 0.452. The van der Waals surface area contributed by atoms with Gasteiger partial charge in [-0.2, -0.15) is 9.61 Å². The molecule has 1 aliphatic rings. The number of hydrogen-bond donors (Lipinski definition) is 0. The Morgan fingerprint density at radius 1 is 0.893 bits per heavy atom. The number of benzene rings is 1. The Kier molecular flexibility index (Phi) is 4.03. The molecule has 0 aliphatic carbocycles. The summed E-state index contributed by atoms with van der Waals surface area (Å²) in [5.74, 6) is 1.94. The molecule has 4 heterocycles. The quantitative estimate of drug-likeness (QED) is 0.549. The van der Waals surface area contributed by atoms with E-state index < -0.39 is 0 Å². The highest BCUT2D eigenvalue weighted by Gasteiger charge is 2.24. The van der Waals surface area contributed by atoms with Crippen LogP contribution in [0.1, 0.15) is 30.7 Å². The number of anilines is 1. The van der Waals surface area contributed by atoms with Crippen LogP contribution >= 0.6 is 0 Å². The van der Waals surface area contributed by atoms with Crippen molar-refractivity contribution in [2.45, 2.75) is 33.1 Å². The summed E-state index contributed by atoms with van der Waals surface area (Å²) in [5.41, 5.74) is 3.85. The number of piperidine rings is 1. The van der Waals surface area contributed by atoms with E-state index in [1.54, 1.807) is 4.68 Å². The predicted octanol–water partition coefficient (Wildman–Crippen LogP) is 2.98. The van der Waals surface area contributed by atoms with Crippen LogP contribution in [0.2, 0.25) is 0 Å². The van der Waals surface area contributed by atoms with Gasteiger partial charge >= 0.3 is 0 Å². The van der Waals surface area contributed by atoms with Gasteiger partial charge in [0.25, 0.3) is 11.7 Å². The number of aromatic nitrogens is 7. The van der Waals surface area contributed by atoms with Crippen LogP contribution in [0.4, 0.5) is 5.82 Å². The number of rotatable bonds is 3. The smallest absolute Gasteiger partial charge is 0.287 e. The maximum absolute atomic E-state index is 4.78. The third-order valence-corrected chi connectivity index (χ3v) is 5.13. The lowest BCUT2D eigenvalue weighted by atomic mass is 10.1. The first-order chi connectivity index (χ1) is 13.7. The van der Waals surface area contributed by atoms with Gasteiger partial charge in [-0.25, -0.2) is 9.67 Å². The highest BCUT2D eigenvalue weighted by Crippen LogP contribution is 2.32. The molecule has 8 heteroatoms. The van der Waals surface area contributed by atoms with E-state index in [0.717, 1.165) is 41.6 Å². The molecule has 0 bridgehead atoms. The van der Waals surface area contributed by atoms with E-state index in [9.17, 15) is 0 Å². The van der Waals surface area contributed by atoms with E-state index >= 15 is 0 Å². The van der Waals surface area contributed by atoms with Crippen LogP contribution < -0.4 is 4.90 Å². The maximum Gasteiger partial charge on any atom is 0.287 e. The molecule has 28 heavy (non-hydrogen) atoms. The molecule has 3 aromatic heterocycles. The summed E-state index contributed by atoms with van der Waals surface area (Å²) in [6.07, 6.45) is 3.60. The van der Waals surface area contributed by atoms with Gasteiger partial charge in [-0.3, -0.25) is 0 Å². The van der Waals surface area contributed by atoms with Gasteiger partial charge in [0.1, 0.15) is 5.69 Å². The molecule has 142 valence electrons. The van der Waals surface area contributed by atoms with Gasteiger partial charge in [0.2, 0.25) is 0 Å². The van der Waals surface area contributed by atoms with Crippen LogP contribution in [-0.4, -0.2) is 47.7 Å². The minimum Gasteiger partial charge on any atom is -0.355 e. The second-order valence-electron chi connectivity index (χ2n) is 7.25. The van der Waals surface area contributed by atoms with Gasteiger partial charge in [0.15, 0.2) is 5.82 Å². The first kappa shape index (κ1) is 16.9. The lowest BCUT2D eigenvalue weighted by Crippen LogP contribution is -2.31. The summed E-state index contributed by atoms with van der Waals surface area (Å²) in [4.78, 5) is 7.14. The van der Waals surface area contributed by atoms with E-state index in [1.807, 2.05) is 42.6 Å². The molecule has 5 rings (SSSR count). The van der Waals surface area contributed by atoms with E-state index in [-0.39, 0.29) is 0 Å². The zero-order chi connectivity index (χ0) is 19.1. The standard InChI is InChI=1S/C20H22N8/c1-14-13-15(2)27(24-14)20-23-22-19-21-17(16-9-5-3-6-10-16)18(28(19)25-20)26-11-7-4-8-12-26/h3,5-6,9-10,13H,4,7-8,11-12H2,1-2H3. The lowest BCUT2D eigenvalue weighted by Gasteiger charge is -2.28. The van der Waals surface area contributed by atoms with Crippen molar-refractivity contribution in [2.75, 3.05) is 18.0 Å². The molecular formula is C20H22N8. The van der Waals surface area contributed by atoms with Gasteiger partial charge < -0.3 is 4.90 Å². The number of imidazole rings is 1. The third kappa shape index (κ3) is 2.81. The van der Waals surface area contributed by atoms with Crippen molar-refractivity contribution in [2.24, 2.45) is 0 Å². The highest BCUT2D eigenvalue weighted by molar-refractivity contribution is 5.76. The lowest BCUT2D eigenvalue weighted by molar-refractivity contribution is 0.567. The van der Waals surface area contributed by atoms with Crippen molar-refractivity contribution in [1.29, 1.82) is 0 Å². The largest absolute Gasteiger partial charge is 0.355 e. The summed E-state index contributed by atoms with van der Waals surface area (Å²) >= 11 is 0. The van der Waals surface area contributed by atoms with Gasteiger partial charge in [-0.1, -0.05) is 30.3 Å². The zero-order valence-electron chi connectivity index (χ0n) is 16.1. The Labute approximate surface area is 162 Å². The molecule has 0 radical (unpaired) electrons. The van der Waals surface area contributed by atoms with Crippen LogP contribution in [-0.2, 0) is 0 Å². The van der Waals surface area contributed by atoms with Crippen LogP contribution in [0.3, 0.4) is 0 Å². The van der Waals surface area contributed by atoms with Crippen molar-refractivity contribution in [3.8, 4) is 17.2 Å². The molecule has 8 nitrogen and oxygen atoms in total. The van der Waals surface area contributed by atoms with Crippen molar-refractivity contribution < 1.29 is 0 Å². The number of fused-ring (bicyclic) bond motifs is 1. The number of nitrogens with zero attached hydrogens (tertiary/aromatic N) is 8. The molecule has 1 saturated heterocycles. The molecule has 1 aliphatic heterocycles. The van der Waals surface area contributed by atoms with Crippen LogP contribution in [0.15, 0.2) is 36.4 Å². The Hall–Kier alpha value is -3.29. The minimum atomic E-state index is 0.452. The van der Waals surface area contributed by atoms with E-state index in [4.69, 9.17) is 10.1 Å². The van der Waals surface area contributed by atoms with E-state index in [1.165, 1.54) is 19.3 Å². The monoisotopic (exact) mass is 374 g/mol. The fourth-order valence-corrected chi connectivity index (χ4v) is 3.84. The molecule has 0 saturated carbocycles. The third-order valence-electron chi connectivity index (χ3n) is 5.13. The normalized spacial score (nSPS) is 14.7. The molecule has 1 aromatic carbocycles. The molecule has 0 amide bonds. The molecule has 0 atom stereocenters. The molecule has 1 fully saturated rings. The van der Waals surface area contributed by atoms with Crippen molar-refractivity contribution >= 4 is 11.6 Å². The van der Waals surface area contributed by atoms with Crippen LogP contribution in [0.25, 0.3) is 23.0 Å². The zero-order valence-corrected chi connectivity index (χ0v) is 16.1. The molecule has 0 unspecified atom stereocenters. The Morgan fingerprint density at radius 2 is 1.68 bits per heavy atom. The van der Waals surface area contributed by atoms with Crippen molar-refractivity contribution in [3.63, 3.8) is 0 Å². The van der Waals surface area contributed by atoms with Gasteiger partial charge in [0.05, 0.1) is 5.69 Å². The number of aryl methyl sites for hydroxylation is 2. The van der Waals surface area contributed by atoms with E-state index in [2.05, 4.69) is 32.3 Å². The average molecular weight is 374 g/mol. The number of hydrogen-bond acceptors (Lipinski definition) is 6. The van der Waals surface area contributed by atoms with Gasteiger partial charge in [-0.15, -0.1) is 15.3 Å². The second kappa shape index (κ2) is 6.70. The summed E-state index contributed by atoms with van der Waals surface area (Å²) in [6, 6.07) is 12.2. The van der Waals surface area contributed by atoms with Crippen molar-refractivity contribution in [1.82, 2.24) is 34.6 Å². The SMILES string of the molecule is Cc1cc(C)n(-c2nnc3nc(-c4ccccc4)c(N4CCCCC4)n3n2)n1. The van der Waals surface area contributed by atoms with Crippen LogP contribution in [0.5, 0.6) is 0 Å². The first-order valence-corrected chi connectivity index (χ1v) is 9.68. The molecular weight excluding hydrogens is 352 g/mol. The average Bonchev–Trinajstić information content (AvgIpc) is 3.28. The van der Waals surface area contributed by atoms with Crippen molar-refractivity contribution in [3.05, 3.63) is 47.8 Å². The fourth-order valence-electron chi connectivity index (χ4n) is 3.84. The molecule has 4 aromatic rings. The Morgan fingerprint density at radius 3 is 2.39 bits per heavy atom. The summed E-state index contributed by atoms with van der Waals surface area (Å²) in [7, 11) is 0. The van der Waals surface area contributed by atoms with Crippen LogP contribution in [0, 0.1) is 13.8 Å². The van der Waals surface area contributed by atoms with E-state index in [0.29, 0.717) is 11.7 Å². The fraction of sp³-hybridized carbons (Fsp3) is 0.350. The molecule has 0 spiro atoms. The second-order valence-corrected chi connectivity index (χ2v) is 7.25. The van der Waals surface area contributed by atoms with Gasteiger partial charge in [0, 0.05) is 24.3 Å². The Bertz CT molecular complexity index is 1120. The Balaban J connectivity index is 1.72. The maximum atomic E-state index is 4.78. The predicted molar refractivity (Wildman–Crippen MR) is 107 cm³/mol. The summed E-state index contributed by atoms with van der Waals surface area (Å²) < 4.78 is 3.55. The summed E-state index contributed by atoms with van der Waals surface area (Å²) in [5, 5.41) is 17.9.